The number of hydrogen-bond donors (Lipinski definition) is 2. The molecule has 7 heteroatoms. The molecule has 0 atom stereocenters. The Bertz CT molecular complexity index is 819. The highest BCUT2D eigenvalue weighted by molar-refractivity contribution is 7.89. The average Bonchev–Trinajstić information content (AvgIpc) is 2.58. The highest BCUT2D eigenvalue weighted by atomic mass is 32.2. The fourth-order valence-electron chi connectivity index (χ4n) is 2.20. The summed E-state index contributed by atoms with van der Waals surface area (Å²) in [7, 11) is -2.16. The summed E-state index contributed by atoms with van der Waals surface area (Å²) in [5.41, 5.74) is 1.44. The van der Waals surface area contributed by atoms with Crippen LogP contribution in [0.4, 0.5) is 0 Å². The molecule has 0 aliphatic heterocycles. The molecule has 2 N–H and O–H groups in total. The Hall–Kier alpha value is -2.38. The minimum atomic E-state index is -3.72. The predicted octanol–water partition coefficient (Wildman–Crippen LogP) is 1.60. The van der Waals surface area contributed by atoms with Crippen LogP contribution in [0, 0.1) is 6.92 Å². The predicted molar refractivity (Wildman–Crippen MR) is 91.2 cm³/mol. The molecule has 0 aliphatic carbocycles. The van der Waals surface area contributed by atoms with Crippen molar-refractivity contribution in [3.8, 4) is 5.75 Å². The van der Waals surface area contributed by atoms with Crippen molar-refractivity contribution in [2.75, 3.05) is 13.7 Å². The van der Waals surface area contributed by atoms with Crippen molar-refractivity contribution in [2.24, 2.45) is 0 Å². The highest BCUT2D eigenvalue weighted by Gasteiger charge is 2.17. The number of nitrogens with one attached hydrogen (secondary N) is 2. The third kappa shape index (κ3) is 4.56. The molecule has 0 radical (unpaired) electrons. The molecule has 0 fully saturated rings. The molecule has 24 heavy (non-hydrogen) atoms. The summed E-state index contributed by atoms with van der Waals surface area (Å²) < 4.78 is 32.0. The van der Waals surface area contributed by atoms with E-state index in [1.165, 1.54) is 6.07 Å². The van der Waals surface area contributed by atoms with Crippen molar-refractivity contribution in [1.82, 2.24) is 10.0 Å². The minimum absolute atomic E-state index is 0.169. The zero-order valence-corrected chi connectivity index (χ0v) is 14.4. The fraction of sp³-hybridized carbons (Fsp3) is 0.235. The van der Waals surface area contributed by atoms with Crippen LogP contribution >= 0.6 is 0 Å². The van der Waals surface area contributed by atoms with Crippen LogP contribution in [0.2, 0.25) is 0 Å². The zero-order valence-electron chi connectivity index (χ0n) is 13.6. The standard InChI is InChI=1S/C17H20N2O4S/c1-13-7-3-6-10-16(13)24(21,22)19-12-17(20)18-11-14-8-4-5-9-15(14)23-2/h3-10,19H,11-12H2,1-2H3,(H,18,20). The first kappa shape index (κ1) is 18.0. The lowest BCUT2D eigenvalue weighted by molar-refractivity contribution is -0.120. The monoisotopic (exact) mass is 348 g/mol. The molecule has 2 aromatic carbocycles. The van der Waals surface area contributed by atoms with E-state index < -0.39 is 15.9 Å². The van der Waals surface area contributed by atoms with Gasteiger partial charge in [0.1, 0.15) is 5.75 Å². The van der Waals surface area contributed by atoms with Gasteiger partial charge in [-0.25, -0.2) is 13.1 Å². The van der Waals surface area contributed by atoms with Gasteiger partial charge in [0.2, 0.25) is 15.9 Å². The van der Waals surface area contributed by atoms with E-state index in [1.54, 1.807) is 38.3 Å². The number of ether oxygens (including phenoxy) is 1. The maximum atomic E-state index is 12.2. The summed E-state index contributed by atoms with van der Waals surface area (Å²) in [4.78, 5) is 12.1. The van der Waals surface area contributed by atoms with E-state index in [1.807, 2.05) is 18.2 Å². The third-order valence-electron chi connectivity index (χ3n) is 3.47. The second kappa shape index (κ2) is 7.94. The molecule has 0 unspecified atom stereocenters. The summed E-state index contributed by atoms with van der Waals surface area (Å²) >= 11 is 0. The molecule has 6 nitrogen and oxygen atoms in total. The van der Waals surface area contributed by atoms with Gasteiger partial charge in [-0.3, -0.25) is 4.79 Å². The normalized spacial score (nSPS) is 11.1. The van der Waals surface area contributed by atoms with Gasteiger partial charge in [-0.05, 0) is 24.6 Å². The van der Waals surface area contributed by atoms with E-state index in [-0.39, 0.29) is 18.0 Å². The molecule has 0 aliphatic rings. The van der Waals surface area contributed by atoms with Crippen molar-refractivity contribution in [1.29, 1.82) is 0 Å². The minimum Gasteiger partial charge on any atom is -0.496 e. The molecule has 0 saturated carbocycles. The van der Waals surface area contributed by atoms with Gasteiger partial charge in [-0.2, -0.15) is 0 Å². The second-order valence-corrected chi connectivity index (χ2v) is 6.91. The van der Waals surface area contributed by atoms with Crippen LogP contribution < -0.4 is 14.8 Å². The van der Waals surface area contributed by atoms with Gasteiger partial charge in [0.25, 0.3) is 0 Å². The number of amides is 1. The van der Waals surface area contributed by atoms with Crippen LogP contribution in [-0.2, 0) is 21.4 Å². The molecule has 0 saturated heterocycles. The van der Waals surface area contributed by atoms with Gasteiger partial charge in [-0.15, -0.1) is 0 Å². The Kier molecular flexibility index (Phi) is 5.94. The van der Waals surface area contributed by atoms with E-state index in [4.69, 9.17) is 4.74 Å². The van der Waals surface area contributed by atoms with Crippen molar-refractivity contribution in [3.05, 3.63) is 59.7 Å². The maximum absolute atomic E-state index is 12.2. The van der Waals surface area contributed by atoms with Crippen molar-refractivity contribution < 1.29 is 17.9 Å². The molecule has 1 amide bonds. The Morgan fingerprint density at radius 2 is 1.75 bits per heavy atom. The molecule has 2 aromatic rings. The van der Waals surface area contributed by atoms with Gasteiger partial charge in [0, 0.05) is 12.1 Å². The van der Waals surface area contributed by atoms with Crippen LogP contribution in [0.1, 0.15) is 11.1 Å². The molecule has 0 bridgehead atoms. The van der Waals surface area contributed by atoms with Crippen LogP contribution in [0.5, 0.6) is 5.75 Å². The number of carbonyl (C=O) groups is 1. The fourth-order valence-corrected chi connectivity index (χ4v) is 3.43. The number of rotatable bonds is 7. The van der Waals surface area contributed by atoms with E-state index in [2.05, 4.69) is 10.0 Å². The lowest BCUT2D eigenvalue weighted by Crippen LogP contribution is -2.36. The Morgan fingerprint density at radius 1 is 1.08 bits per heavy atom. The van der Waals surface area contributed by atoms with E-state index in [0.717, 1.165) is 5.56 Å². The van der Waals surface area contributed by atoms with E-state index in [9.17, 15) is 13.2 Å². The van der Waals surface area contributed by atoms with Gasteiger partial charge in [0.05, 0.1) is 18.6 Å². The molecular formula is C17H20N2O4S. The van der Waals surface area contributed by atoms with Gasteiger partial charge >= 0.3 is 0 Å². The number of para-hydroxylation sites is 1. The average molecular weight is 348 g/mol. The van der Waals surface area contributed by atoms with Crippen LogP contribution in [-0.4, -0.2) is 28.0 Å². The SMILES string of the molecule is COc1ccccc1CNC(=O)CNS(=O)(=O)c1ccccc1C. The molecular weight excluding hydrogens is 328 g/mol. The summed E-state index contributed by atoms with van der Waals surface area (Å²) in [5.74, 6) is 0.247. The number of aryl methyl sites for hydroxylation is 1. The summed E-state index contributed by atoms with van der Waals surface area (Å²) in [6.07, 6.45) is 0. The molecule has 0 heterocycles. The second-order valence-electron chi connectivity index (χ2n) is 5.18. The number of methoxy groups -OCH3 is 1. The molecule has 0 aromatic heterocycles. The Balaban J connectivity index is 1.93. The lowest BCUT2D eigenvalue weighted by Gasteiger charge is -2.11. The van der Waals surface area contributed by atoms with Gasteiger partial charge < -0.3 is 10.1 Å². The van der Waals surface area contributed by atoms with E-state index >= 15 is 0 Å². The first-order chi connectivity index (χ1) is 11.4. The van der Waals surface area contributed by atoms with Crippen molar-refractivity contribution >= 4 is 15.9 Å². The number of hydrogen-bond acceptors (Lipinski definition) is 4. The molecule has 0 spiro atoms. The number of carbonyl (C=O) groups excluding carboxylic acids is 1. The number of sulfonamides is 1. The quantitative estimate of drug-likeness (QED) is 0.796. The summed E-state index contributed by atoms with van der Waals surface area (Å²) in [6.45, 7) is 1.64. The maximum Gasteiger partial charge on any atom is 0.241 e. The molecule has 128 valence electrons. The third-order valence-corrected chi connectivity index (χ3v) is 5.04. The van der Waals surface area contributed by atoms with Crippen LogP contribution in [0.3, 0.4) is 0 Å². The Morgan fingerprint density at radius 3 is 2.46 bits per heavy atom. The summed E-state index contributed by atoms with van der Waals surface area (Å²) in [5, 5.41) is 2.67. The van der Waals surface area contributed by atoms with Gasteiger partial charge in [-0.1, -0.05) is 36.4 Å². The first-order valence-corrected chi connectivity index (χ1v) is 8.86. The van der Waals surface area contributed by atoms with Crippen molar-refractivity contribution in [2.45, 2.75) is 18.4 Å². The largest absolute Gasteiger partial charge is 0.496 e. The van der Waals surface area contributed by atoms with Crippen molar-refractivity contribution in [3.63, 3.8) is 0 Å². The van der Waals surface area contributed by atoms with Gasteiger partial charge in [0.15, 0.2) is 0 Å². The first-order valence-electron chi connectivity index (χ1n) is 7.38. The number of benzene rings is 2. The molecule has 2 rings (SSSR count). The van der Waals surface area contributed by atoms with E-state index in [0.29, 0.717) is 11.3 Å². The Labute approximate surface area is 141 Å². The van der Waals surface area contributed by atoms with Crippen LogP contribution in [0.25, 0.3) is 0 Å². The topological polar surface area (TPSA) is 84.5 Å². The summed E-state index contributed by atoms with van der Waals surface area (Å²) in [6, 6.07) is 13.9. The highest BCUT2D eigenvalue weighted by Crippen LogP contribution is 2.16. The van der Waals surface area contributed by atoms with Crippen LogP contribution in [0.15, 0.2) is 53.4 Å². The lowest BCUT2D eigenvalue weighted by atomic mass is 10.2. The zero-order chi connectivity index (χ0) is 17.6. The smallest absolute Gasteiger partial charge is 0.241 e.